The molecule has 0 radical (unpaired) electrons. The Morgan fingerprint density at radius 1 is 1.44 bits per heavy atom. The van der Waals surface area contributed by atoms with Gasteiger partial charge in [0.1, 0.15) is 5.75 Å². The van der Waals surface area contributed by atoms with Gasteiger partial charge in [-0.1, -0.05) is 12.1 Å². The van der Waals surface area contributed by atoms with Crippen molar-refractivity contribution in [2.24, 2.45) is 0 Å². The molecule has 0 aromatic heterocycles. The number of aromatic hydroxyl groups is 1. The molecule has 1 amide bonds. The molecule has 0 fully saturated rings. The number of phenols is 1. The first kappa shape index (κ1) is 14.1. The number of hydrogen-bond acceptors (Lipinski definition) is 3. The lowest BCUT2D eigenvalue weighted by atomic mass is 10.2. The number of benzene rings is 1. The largest absolute Gasteiger partial charge is 0.508 e. The van der Waals surface area contributed by atoms with Crippen LogP contribution in [0.4, 0.5) is 18.0 Å². The third-order valence-corrected chi connectivity index (χ3v) is 2.00. The number of halogens is 3. The van der Waals surface area contributed by atoms with E-state index in [0.717, 1.165) is 4.90 Å². The van der Waals surface area contributed by atoms with Gasteiger partial charge in [0, 0.05) is 13.6 Å². The topological polar surface area (TPSA) is 49.8 Å². The summed E-state index contributed by atoms with van der Waals surface area (Å²) in [4.78, 5) is 12.2. The Balaban J connectivity index is 2.50. The Hall–Kier alpha value is -1.92. The van der Waals surface area contributed by atoms with E-state index in [1.165, 1.54) is 19.2 Å². The Labute approximate surface area is 102 Å². The van der Waals surface area contributed by atoms with Crippen molar-refractivity contribution in [2.45, 2.75) is 12.7 Å². The molecule has 4 nitrogen and oxygen atoms in total. The molecule has 0 atom stereocenters. The van der Waals surface area contributed by atoms with E-state index in [1.54, 1.807) is 12.1 Å². The first-order valence-corrected chi connectivity index (χ1v) is 5.00. The van der Waals surface area contributed by atoms with E-state index in [2.05, 4.69) is 4.74 Å². The molecule has 0 saturated carbocycles. The Kier molecular flexibility index (Phi) is 4.41. The van der Waals surface area contributed by atoms with E-state index in [4.69, 9.17) is 0 Å². The average molecular weight is 263 g/mol. The van der Waals surface area contributed by atoms with Gasteiger partial charge >= 0.3 is 12.3 Å². The maximum atomic E-state index is 11.8. The summed E-state index contributed by atoms with van der Waals surface area (Å²) < 4.78 is 39.6. The Bertz CT molecular complexity index is 420. The van der Waals surface area contributed by atoms with Crippen LogP contribution in [-0.2, 0) is 11.3 Å². The van der Waals surface area contributed by atoms with Crippen molar-refractivity contribution in [3.63, 3.8) is 0 Å². The maximum absolute atomic E-state index is 11.8. The van der Waals surface area contributed by atoms with Crippen molar-refractivity contribution in [3.05, 3.63) is 29.8 Å². The van der Waals surface area contributed by atoms with Gasteiger partial charge in [-0.05, 0) is 17.7 Å². The normalized spacial score (nSPS) is 11.1. The Morgan fingerprint density at radius 2 is 2.11 bits per heavy atom. The van der Waals surface area contributed by atoms with Crippen molar-refractivity contribution in [1.82, 2.24) is 4.90 Å². The van der Waals surface area contributed by atoms with Crippen LogP contribution in [0.2, 0.25) is 0 Å². The predicted molar refractivity (Wildman–Crippen MR) is 57.0 cm³/mol. The maximum Gasteiger partial charge on any atom is 0.422 e. The molecule has 0 saturated heterocycles. The molecule has 0 heterocycles. The van der Waals surface area contributed by atoms with Crippen LogP contribution < -0.4 is 0 Å². The van der Waals surface area contributed by atoms with Crippen molar-refractivity contribution < 1.29 is 27.8 Å². The summed E-state index contributed by atoms with van der Waals surface area (Å²) >= 11 is 0. The molecule has 7 heteroatoms. The minimum Gasteiger partial charge on any atom is -0.508 e. The zero-order valence-corrected chi connectivity index (χ0v) is 9.57. The molecule has 1 aromatic carbocycles. The van der Waals surface area contributed by atoms with Gasteiger partial charge in [-0.3, -0.25) is 0 Å². The van der Waals surface area contributed by atoms with Crippen LogP contribution in [-0.4, -0.2) is 35.9 Å². The number of ether oxygens (including phenoxy) is 1. The summed E-state index contributed by atoms with van der Waals surface area (Å²) in [5, 5.41) is 9.19. The molecular formula is C11H12F3NO3. The molecule has 0 aliphatic rings. The number of rotatable bonds is 3. The number of alkyl halides is 3. The summed E-state index contributed by atoms with van der Waals surface area (Å²) in [6.45, 7) is -1.57. The summed E-state index contributed by atoms with van der Waals surface area (Å²) in [6.07, 6.45) is -5.61. The zero-order valence-electron chi connectivity index (χ0n) is 9.57. The molecular weight excluding hydrogens is 251 g/mol. The van der Waals surface area contributed by atoms with E-state index < -0.39 is 18.9 Å². The van der Waals surface area contributed by atoms with Crippen LogP contribution in [0.1, 0.15) is 5.56 Å². The van der Waals surface area contributed by atoms with E-state index in [0.29, 0.717) is 5.56 Å². The molecule has 0 aliphatic heterocycles. The quantitative estimate of drug-likeness (QED) is 0.911. The van der Waals surface area contributed by atoms with Crippen LogP contribution in [0.3, 0.4) is 0 Å². The fraction of sp³-hybridized carbons (Fsp3) is 0.364. The van der Waals surface area contributed by atoms with Gasteiger partial charge in [0.2, 0.25) is 0 Å². The van der Waals surface area contributed by atoms with Crippen molar-refractivity contribution in [2.75, 3.05) is 13.7 Å². The number of nitrogens with zero attached hydrogens (tertiary/aromatic N) is 1. The number of phenolic OH excluding ortho intramolecular Hbond substituents is 1. The number of carbonyl (C=O) groups is 1. The third kappa shape index (κ3) is 4.94. The molecule has 100 valence electrons. The van der Waals surface area contributed by atoms with Crippen molar-refractivity contribution in [1.29, 1.82) is 0 Å². The summed E-state index contributed by atoms with van der Waals surface area (Å²) in [6, 6.07) is 6.06. The summed E-state index contributed by atoms with van der Waals surface area (Å²) in [7, 11) is 1.31. The van der Waals surface area contributed by atoms with Crippen LogP contribution in [0, 0.1) is 0 Å². The molecule has 1 rings (SSSR count). The lowest BCUT2D eigenvalue weighted by Gasteiger charge is -2.17. The van der Waals surface area contributed by atoms with Gasteiger partial charge in [0.25, 0.3) is 0 Å². The SMILES string of the molecule is CN(Cc1cccc(O)c1)C(=O)OCC(F)(F)F. The Morgan fingerprint density at radius 3 is 2.67 bits per heavy atom. The lowest BCUT2D eigenvalue weighted by Crippen LogP contribution is -2.30. The number of amides is 1. The van der Waals surface area contributed by atoms with Gasteiger partial charge in [-0.25, -0.2) is 4.79 Å². The summed E-state index contributed by atoms with van der Waals surface area (Å²) in [5.41, 5.74) is 0.585. The number of carbonyl (C=O) groups excluding carboxylic acids is 1. The second-order valence-electron chi connectivity index (χ2n) is 3.70. The minimum absolute atomic E-state index is 0.0181. The highest BCUT2D eigenvalue weighted by Crippen LogP contribution is 2.16. The monoisotopic (exact) mass is 263 g/mol. The number of hydrogen-bond donors (Lipinski definition) is 1. The minimum atomic E-state index is -4.54. The van der Waals surface area contributed by atoms with Crippen molar-refractivity contribution >= 4 is 6.09 Å². The lowest BCUT2D eigenvalue weighted by molar-refractivity contribution is -0.162. The van der Waals surface area contributed by atoms with Gasteiger partial charge in [-0.15, -0.1) is 0 Å². The van der Waals surface area contributed by atoms with Gasteiger partial charge < -0.3 is 14.7 Å². The first-order valence-electron chi connectivity index (χ1n) is 5.00. The highest BCUT2D eigenvalue weighted by molar-refractivity contribution is 5.67. The predicted octanol–water partition coefficient (Wildman–Crippen LogP) is 2.52. The fourth-order valence-corrected chi connectivity index (χ4v) is 1.25. The molecule has 0 aliphatic carbocycles. The highest BCUT2D eigenvalue weighted by Gasteiger charge is 2.30. The molecule has 1 aromatic rings. The van der Waals surface area contributed by atoms with E-state index in [1.807, 2.05) is 0 Å². The van der Waals surface area contributed by atoms with Gasteiger partial charge in [0.05, 0.1) is 0 Å². The fourth-order valence-electron chi connectivity index (χ4n) is 1.25. The standard InChI is InChI=1S/C11H12F3NO3/c1-15(10(17)18-7-11(12,13)14)6-8-3-2-4-9(16)5-8/h2-5,16H,6-7H2,1H3. The van der Waals surface area contributed by atoms with Crippen molar-refractivity contribution in [3.8, 4) is 5.75 Å². The van der Waals surface area contributed by atoms with E-state index in [-0.39, 0.29) is 12.3 Å². The second kappa shape index (κ2) is 5.61. The molecule has 0 unspecified atom stereocenters. The molecule has 18 heavy (non-hydrogen) atoms. The van der Waals surface area contributed by atoms with E-state index in [9.17, 15) is 23.1 Å². The summed E-state index contributed by atoms with van der Waals surface area (Å²) in [5.74, 6) is 0.0181. The van der Waals surface area contributed by atoms with Crippen LogP contribution >= 0.6 is 0 Å². The molecule has 0 bridgehead atoms. The highest BCUT2D eigenvalue weighted by atomic mass is 19.4. The zero-order chi connectivity index (χ0) is 13.8. The average Bonchev–Trinajstić information content (AvgIpc) is 2.24. The molecule has 0 spiro atoms. The van der Waals surface area contributed by atoms with Crippen LogP contribution in [0.25, 0.3) is 0 Å². The van der Waals surface area contributed by atoms with E-state index >= 15 is 0 Å². The van der Waals surface area contributed by atoms with Crippen LogP contribution in [0.5, 0.6) is 5.75 Å². The smallest absolute Gasteiger partial charge is 0.422 e. The third-order valence-electron chi connectivity index (χ3n) is 2.00. The van der Waals surface area contributed by atoms with Crippen LogP contribution in [0.15, 0.2) is 24.3 Å². The molecule has 1 N–H and O–H groups in total. The second-order valence-corrected chi connectivity index (χ2v) is 3.70. The van der Waals surface area contributed by atoms with Gasteiger partial charge in [-0.2, -0.15) is 13.2 Å². The van der Waals surface area contributed by atoms with Gasteiger partial charge in [0.15, 0.2) is 6.61 Å². The first-order chi connectivity index (χ1) is 8.28.